The molecule has 0 amide bonds. The van der Waals surface area contributed by atoms with Gasteiger partial charge in [-0.15, -0.1) is 12.4 Å². The predicted octanol–water partition coefficient (Wildman–Crippen LogP) is 1.84. The smallest absolute Gasteiger partial charge is 0.131 e. The van der Waals surface area contributed by atoms with E-state index in [1.807, 2.05) is 0 Å². The fourth-order valence-corrected chi connectivity index (χ4v) is 2.03. The zero-order chi connectivity index (χ0) is 10.8. The van der Waals surface area contributed by atoms with E-state index in [4.69, 9.17) is 4.98 Å². The number of rotatable bonds is 1. The van der Waals surface area contributed by atoms with Crippen molar-refractivity contribution in [1.82, 2.24) is 10.3 Å². The van der Waals surface area contributed by atoms with Gasteiger partial charge in [0.05, 0.1) is 0 Å². The van der Waals surface area contributed by atoms with Crippen LogP contribution < -0.4 is 10.2 Å². The number of nitrogens with one attached hydrogen (secondary N) is 1. The van der Waals surface area contributed by atoms with Crippen molar-refractivity contribution >= 4 is 18.2 Å². The van der Waals surface area contributed by atoms with Crippen LogP contribution in [0.15, 0.2) is 6.07 Å². The third-order valence-corrected chi connectivity index (χ3v) is 3.05. The average molecular weight is 242 g/mol. The van der Waals surface area contributed by atoms with Gasteiger partial charge in [-0.05, 0) is 31.9 Å². The van der Waals surface area contributed by atoms with E-state index >= 15 is 0 Å². The molecule has 16 heavy (non-hydrogen) atoms. The van der Waals surface area contributed by atoms with Crippen molar-refractivity contribution in [3.8, 4) is 0 Å². The molecule has 4 heteroatoms. The van der Waals surface area contributed by atoms with E-state index in [0.29, 0.717) is 0 Å². The van der Waals surface area contributed by atoms with Crippen molar-refractivity contribution < 1.29 is 0 Å². The summed E-state index contributed by atoms with van der Waals surface area (Å²) in [6, 6.07) is 2.24. The molecule has 0 spiro atoms. The van der Waals surface area contributed by atoms with E-state index in [2.05, 4.69) is 37.1 Å². The van der Waals surface area contributed by atoms with Gasteiger partial charge in [0.2, 0.25) is 0 Å². The van der Waals surface area contributed by atoms with Crippen LogP contribution in [0.5, 0.6) is 0 Å². The van der Waals surface area contributed by atoms with Crippen LogP contribution in [0.25, 0.3) is 0 Å². The minimum Gasteiger partial charge on any atom is -0.354 e. The molecule has 0 bridgehead atoms. The zero-order valence-electron chi connectivity index (χ0n) is 10.2. The monoisotopic (exact) mass is 241 g/mol. The summed E-state index contributed by atoms with van der Waals surface area (Å²) in [4.78, 5) is 7.07. The lowest BCUT2D eigenvalue weighted by Gasteiger charge is -2.30. The number of halogens is 1. The van der Waals surface area contributed by atoms with Crippen molar-refractivity contribution in [3.63, 3.8) is 0 Å². The highest BCUT2D eigenvalue weighted by molar-refractivity contribution is 5.85. The number of piperazine rings is 1. The number of nitrogens with zero attached hydrogens (tertiary/aromatic N) is 2. The van der Waals surface area contributed by atoms with E-state index in [0.717, 1.165) is 31.9 Å². The number of hydrogen-bond acceptors (Lipinski definition) is 3. The largest absolute Gasteiger partial charge is 0.354 e. The summed E-state index contributed by atoms with van der Waals surface area (Å²) in [6.07, 6.45) is 0. The van der Waals surface area contributed by atoms with Crippen LogP contribution in [0.4, 0.5) is 5.82 Å². The first kappa shape index (κ1) is 13.3. The fourth-order valence-electron chi connectivity index (χ4n) is 2.03. The lowest BCUT2D eigenvalue weighted by atomic mass is 10.1. The van der Waals surface area contributed by atoms with Crippen molar-refractivity contribution in [2.45, 2.75) is 20.8 Å². The van der Waals surface area contributed by atoms with Gasteiger partial charge in [0, 0.05) is 31.9 Å². The van der Waals surface area contributed by atoms with Crippen LogP contribution in [0.3, 0.4) is 0 Å². The first-order valence-electron chi connectivity index (χ1n) is 5.59. The molecule has 1 aromatic heterocycles. The maximum Gasteiger partial charge on any atom is 0.131 e. The Morgan fingerprint density at radius 2 is 1.75 bits per heavy atom. The summed E-state index contributed by atoms with van der Waals surface area (Å²) in [5.41, 5.74) is 3.72. The number of hydrogen-bond donors (Lipinski definition) is 1. The SMILES string of the molecule is Cc1cc(C)c(N2CCNCC2)nc1C.Cl. The first-order chi connectivity index (χ1) is 7.18. The summed E-state index contributed by atoms with van der Waals surface area (Å²) in [5.74, 6) is 1.17. The Morgan fingerprint density at radius 3 is 2.38 bits per heavy atom. The van der Waals surface area contributed by atoms with Crippen molar-refractivity contribution in [2.75, 3.05) is 31.1 Å². The quantitative estimate of drug-likeness (QED) is 0.813. The maximum absolute atomic E-state index is 4.69. The minimum atomic E-state index is 0. The number of anilines is 1. The lowest BCUT2D eigenvalue weighted by molar-refractivity contribution is 0.583. The Morgan fingerprint density at radius 1 is 1.12 bits per heavy atom. The van der Waals surface area contributed by atoms with E-state index in [1.165, 1.54) is 16.9 Å². The van der Waals surface area contributed by atoms with E-state index < -0.39 is 0 Å². The first-order valence-corrected chi connectivity index (χ1v) is 5.59. The van der Waals surface area contributed by atoms with Crippen LogP contribution >= 0.6 is 12.4 Å². The predicted molar refractivity (Wildman–Crippen MR) is 70.8 cm³/mol. The van der Waals surface area contributed by atoms with Gasteiger partial charge in [-0.1, -0.05) is 6.07 Å². The Labute approximate surface area is 104 Å². The van der Waals surface area contributed by atoms with Gasteiger partial charge in [0.15, 0.2) is 0 Å². The Bertz CT molecular complexity index is 360. The van der Waals surface area contributed by atoms with Crippen LogP contribution in [0.1, 0.15) is 16.8 Å². The molecule has 1 saturated heterocycles. The van der Waals surface area contributed by atoms with Crippen molar-refractivity contribution in [3.05, 3.63) is 22.9 Å². The van der Waals surface area contributed by atoms with Crippen LogP contribution in [-0.4, -0.2) is 31.2 Å². The van der Waals surface area contributed by atoms with Gasteiger partial charge < -0.3 is 10.2 Å². The van der Waals surface area contributed by atoms with E-state index in [9.17, 15) is 0 Å². The van der Waals surface area contributed by atoms with E-state index in [-0.39, 0.29) is 12.4 Å². The molecule has 0 aromatic carbocycles. The molecule has 1 fully saturated rings. The van der Waals surface area contributed by atoms with Crippen LogP contribution in [0, 0.1) is 20.8 Å². The van der Waals surface area contributed by atoms with Gasteiger partial charge >= 0.3 is 0 Å². The summed E-state index contributed by atoms with van der Waals surface area (Å²) < 4.78 is 0. The van der Waals surface area contributed by atoms with Gasteiger partial charge in [0.1, 0.15) is 5.82 Å². The summed E-state index contributed by atoms with van der Waals surface area (Å²) >= 11 is 0. The normalized spacial score (nSPS) is 15.8. The molecule has 2 rings (SSSR count). The molecule has 0 saturated carbocycles. The highest BCUT2D eigenvalue weighted by atomic mass is 35.5. The molecule has 1 aromatic rings. The third-order valence-electron chi connectivity index (χ3n) is 3.05. The van der Waals surface area contributed by atoms with Crippen LogP contribution in [-0.2, 0) is 0 Å². The summed E-state index contributed by atoms with van der Waals surface area (Å²) in [7, 11) is 0. The molecular formula is C12H20ClN3. The van der Waals surface area contributed by atoms with Crippen molar-refractivity contribution in [1.29, 1.82) is 0 Å². The lowest BCUT2D eigenvalue weighted by Crippen LogP contribution is -2.44. The molecule has 0 atom stereocenters. The molecule has 1 aliphatic heterocycles. The second kappa shape index (κ2) is 5.51. The molecular weight excluding hydrogens is 222 g/mol. The molecule has 0 unspecified atom stereocenters. The number of aryl methyl sites for hydroxylation is 3. The van der Waals surface area contributed by atoms with E-state index in [1.54, 1.807) is 0 Å². The number of aromatic nitrogens is 1. The van der Waals surface area contributed by atoms with Gasteiger partial charge in [-0.3, -0.25) is 0 Å². The topological polar surface area (TPSA) is 28.2 Å². The molecule has 3 nitrogen and oxygen atoms in total. The fraction of sp³-hybridized carbons (Fsp3) is 0.583. The summed E-state index contributed by atoms with van der Waals surface area (Å²) in [6.45, 7) is 10.6. The Hall–Kier alpha value is -0.800. The molecule has 90 valence electrons. The molecule has 0 radical (unpaired) electrons. The molecule has 1 aliphatic rings. The van der Waals surface area contributed by atoms with Gasteiger partial charge in [0.25, 0.3) is 0 Å². The number of pyridine rings is 1. The highest BCUT2D eigenvalue weighted by Gasteiger charge is 2.14. The highest BCUT2D eigenvalue weighted by Crippen LogP contribution is 2.20. The Kier molecular flexibility index (Phi) is 4.56. The van der Waals surface area contributed by atoms with Gasteiger partial charge in [-0.25, -0.2) is 4.98 Å². The standard InChI is InChI=1S/C12H19N3.ClH/c1-9-8-10(2)12(14-11(9)3)15-6-4-13-5-7-15;/h8,13H,4-7H2,1-3H3;1H. The average Bonchev–Trinajstić information content (AvgIpc) is 2.25. The summed E-state index contributed by atoms with van der Waals surface area (Å²) in [5, 5.41) is 3.36. The van der Waals surface area contributed by atoms with Crippen molar-refractivity contribution in [2.24, 2.45) is 0 Å². The Balaban J connectivity index is 0.00000128. The minimum absolute atomic E-state index is 0. The van der Waals surface area contributed by atoms with Gasteiger partial charge in [-0.2, -0.15) is 0 Å². The molecule has 0 aliphatic carbocycles. The van der Waals surface area contributed by atoms with Crippen LogP contribution in [0.2, 0.25) is 0 Å². The maximum atomic E-state index is 4.69. The third kappa shape index (κ3) is 2.66. The molecule has 2 heterocycles. The second-order valence-electron chi connectivity index (χ2n) is 4.27. The second-order valence-corrected chi connectivity index (χ2v) is 4.27. The zero-order valence-corrected chi connectivity index (χ0v) is 11.0. The molecule has 1 N–H and O–H groups in total.